The Kier molecular flexibility index (Phi) is 3.24. The van der Waals surface area contributed by atoms with E-state index in [1.165, 1.54) is 36.9 Å². The summed E-state index contributed by atoms with van der Waals surface area (Å²) in [5.41, 5.74) is 2.82. The molecule has 3 rings (SSSR count). The van der Waals surface area contributed by atoms with Crippen molar-refractivity contribution < 1.29 is 5.11 Å². The fourth-order valence-corrected chi connectivity index (χ4v) is 4.17. The zero-order valence-corrected chi connectivity index (χ0v) is 12.5. The second kappa shape index (κ2) is 4.66. The molecule has 3 atom stereocenters. The molecule has 2 aliphatic rings. The molecule has 0 saturated heterocycles. The Hall–Kier alpha value is -0.760. The van der Waals surface area contributed by atoms with Crippen LogP contribution in [0.4, 0.5) is 0 Å². The normalized spacial score (nSPS) is 34.0. The van der Waals surface area contributed by atoms with Gasteiger partial charge in [0.2, 0.25) is 0 Å². The molecule has 0 aliphatic heterocycles. The van der Waals surface area contributed by atoms with E-state index < -0.39 is 0 Å². The lowest BCUT2D eigenvalue weighted by atomic mass is 9.75. The quantitative estimate of drug-likeness (QED) is 0.803. The van der Waals surface area contributed by atoms with E-state index in [1.807, 2.05) is 0 Å². The van der Waals surface area contributed by atoms with Crippen LogP contribution in [-0.2, 0) is 6.42 Å². The topological polar surface area (TPSA) is 25.2 Å². The molecular weight excluding hydrogens is 234 g/mol. The van der Waals surface area contributed by atoms with E-state index >= 15 is 0 Å². The molecule has 1 aromatic rings. The second-order valence-electron chi connectivity index (χ2n) is 7.52. The minimum absolute atomic E-state index is 0.223. The zero-order chi connectivity index (χ0) is 13.6. The summed E-state index contributed by atoms with van der Waals surface area (Å²) in [6.07, 6.45) is 9.37. The van der Waals surface area contributed by atoms with Crippen LogP contribution in [0.25, 0.3) is 0 Å². The Labute approximate surface area is 116 Å². The Bertz CT molecular complexity index is 460. The second-order valence-corrected chi connectivity index (χ2v) is 7.52. The molecule has 0 radical (unpaired) electrons. The van der Waals surface area contributed by atoms with Crippen LogP contribution in [0.1, 0.15) is 76.3 Å². The van der Waals surface area contributed by atoms with Gasteiger partial charge in [0.1, 0.15) is 0 Å². The Morgan fingerprint density at radius 2 is 2.00 bits per heavy atom. The van der Waals surface area contributed by atoms with Crippen molar-refractivity contribution in [2.45, 2.75) is 71.4 Å². The predicted molar refractivity (Wildman–Crippen MR) is 78.2 cm³/mol. The minimum atomic E-state index is -0.265. The SMILES string of the molecule is CC1CCCCC1n1ccc2c1CC(C)(C)CC2O. The van der Waals surface area contributed by atoms with Gasteiger partial charge in [0.15, 0.2) is 0 Å². The molecular formula is C17H27NO. The third-order valence-electron chi connectivity index (χ3n) is 5.23. The molecule has 1 fully saturated rings. The van der Waals surface area contributed by atoms with Crippen LogP contribution >= 0.6 is 0 Å². The van der Waals surface area contributed by atoms with Gasteiger partial charge in [0.05, 0.1) is 6.10 Å². The van der Waals surface area contributed by atoms with Gasteiger partial charge in [-0.2, -0.15) is 0 Å². The largest absolute Gasteiger partial charge is 0.388 e. The third kappa shape index (κ3) is 2.35. The third-order valence-corrected chi connectivity index (χ3v) is 5.23. The fourth-order valence-electron chi connectivity index (χ4n) is 4.17. The van der Waals surface area contributed by atoms with E-state index in [-0.39, 0.29) is 11.5 Å². The maximum Gasteiger partial charge on any atom is 0.0812 e. The molecule has 2 aliphatic carbocycles. The number of rotatable bonds is 1. The highest BCUT2D eigenvalue weighted by atomic mass is 16.3. The molecule has 1 N–H and O–H groups in total. The first kappa shape index (κ1) is 13.2. The van der Waals surface area contributed by atoms with Crippen molar-refractivity contribution in [2.75, 3.05) is 0 Å². The van der Waals surface area contributed by atoms with Gasteiger partial charge in [-0.1, -0.05) is 33.6 Å². The molecule has 2 nitrogen and oxygen atoms in total. The smallest absolute Gasteiger partial charge is 0.0812 e. The van der Waals surface area contributed by atoms with Crippen LogP contribution in [0.3, 0.4) is 0 Å². The van der Waals surface area contributed by atoms with E-state index in [0.717, 1.165) is 18.8 Å². The van der Waals surface area contributed by atoms with Crippen molar-refractivity contribution in [3.05, 3.63) is 23.5 Å². The number of aliphatic hydroxyl groups excluding tert-OH is 1. The van der Waals surface area contributed by atoms with Gasteiger partial charge in [0.25, 0.3) is 0 Å². The molecule has 1 heterocycles. The monoisotopic (exact) mass is 261 g/mol. The molecule has 3 unspecified atom stereocenters. The van der Waals surface area contributed by atoms with Gasteiger partial charge in [-0.3, -0.25) is 0 Å². The number of hydrogen-bond donors (Lipinski definition) is 1. The van der Waals surface area contributed by atoms with E-state index in [0.29, 0.717) is 6.04 Å². The van der Waals surface area contributed by atoms with Gasteiger partial charge in [-0.25, -0.2) is 0 Å². The van der Waals surface area contributed by atoms with E-state index in [4.69, 9.17) is 0 Å². The van der Waals surface area contributed by atoms with Crippen molar-refractivity contribution >= 4 is 0 Å². The number of aromatic nitrogens is 1. The van der Waals surface area contributed by atoms with Crippen LogP contribution in [-0.4, -0.2) is 9.67 Å². The lowest BCUT2D eigenvalue weighted by molar-refractivity contribution is 0.0961. The number of nitrogens with zero attached hydrogens (tertiary/aromatic N) is 1. The maximum atomic E-state index is 10.4. The van der Waals surface area contributed by atoms with Crippen LogP contribution < -0.4 is 0 Å². The Morgan fingerprint density at radius 3 is 2.74 bits per heavy atom. The van der Waals surface area contributed by atoms with Crippen LogP contribution in [0.5, 0.6) is 0 Å². The van der Waals surface area contributed by atoms with E-state index in [1.54, 1.807) is 0 Å². The van der Waals surface area contributed by atoms with Gasteiger partial charge in [-0.05, 0) is 43.1 Å². The number of hydrogen-bond acceptors (Lipinski definition) is 1. The first-order valence-electron chi connectivity index (χ1n) is 7.85. The van der Waals surface area contributed by atoms with Crippen molar-refractivity contribution in [3.8, 4) is 0 Å². The zero-order valence-electron chi connectivity index (χ0n) is 12.5. The van der Waals surface area contributed by atoms with Crippen LogP contribution in [0.2, 0.25) is 0 Å². The van der Waals surface area contributed by atoms with Crippen LogP contribution in [0, 0.1) is 11.3 Å². The number of aliphatic hydroxyl groups is 1. The first-order chi connectivity index (χ1) is 8.98. The lowest BCUT2D eigenvalue weighted by Gasteiger charge is -2.37. The first-order valence-corrected chi connectivity index (χ1v) is 7.85. The summed E-state index contributed by atoms with van der Waals surface area (Å²) in [6, 6.07) is 2.81. The highest BCUT2D eigenvalue weighted by molar-refractivity contribution is 5.30. The molecule has 19 heavy (non-hydrogen) atoms. The number of fused-ring (bicyclic) bond motifs is 1. The molecule has 106 valence electrons. The van der Waals surface area contributed by atoms with Gasteiger partial charge >= 0.3 is 0 Å². The van der Waals surface area contributed by atoms with Crippen molar-refractivity contribution in [1.82, 2.24) is 4.57 Å². The predicted octanol–water partition coefficient (Wildman–Crippen LogP) is 4.25. The van der Waals surface area contributed by atoms with Crippen LogP contribution in [0.15, 0.2) is 12.3 Å². The van der Waals surface area contributed by atoms with Crippen molar-refractivity contribution in [3.63, 3.8) is 0 Å². The molecule has 0 bridgehead atoms. The molecule has 1 aromatic heterocycles. The maximum absolute atomic E-state index is 10.4. The molecule has 2 heteroatoms. The average molecular weight is 261 g/mol. The Balaban J connectivity index is 1.96. The van der Waals surface area contributed by atoms with Gasteiger partial charge < -0.3 is 9.67 Å². The molecule has 0 spiro atoms. The Morgan fingerprint density at radius 1 is 1.26 bits per heavy atom. The summed E-state index contributed by atoms with van der Waals surface area (Å²) in [7, 11) is 0. The average Bonchev–Trinajstić information content (AvgIpc) is 2.72. The lowest BCUT2D eigenvalue weighted by Crippen LogP contribution is -2.29. The summed E-state index contributed by atoms with van der Waals surface area (Å²) in [4.78, 5) is 0. The summed E-state index contributed by atoms with van der Waals surface area (Å²) in [5.74, 6) is 0.771. The standard InChI is InChI=1S/C17H27NO/c1-12-6-4-5-7-14(12)18-9-8-13-15(18)10-17(2,3)11-16(13)19/h8-9,12,14,16,19H,4-7,10-11H2,1-3H3. The van der Waals surface area contributed by atoms with E-state index in [9.17, 15) is 5.11 Å². The highest BCUT2D eigenvalue weighted by Gasteiger charge is 2.35. The van der Waals surface area contributed by atoms with Gasteiger partial charge in [0, 0.05) is 23.5 Å². The molecule has 0 amide bonds. The summed E-state index contributed by atoms with van der Waals surface area (Å²) in [6.45, 7) is 6.95. The van der Waals surface area contributed by atoms with Crippen molar-refractivity contribution in [1.29, 1.82) is 0 Å². The highest BCUT2D eigenvalue weighted by Crippen LogP contribution is 2.44. The van der Waals surface area contributed by atoms with E-state index in [2.05, 4.69) is 37.6 Å². The summed E-state index contributed by atoms with van der Waals surface area (Å²) < 4.78 is 2.50. The molecule has 0 aromatic carbocycles. The summed E-state index contributed by atoms with van der Waals surface area (Å²) in [5, 5.41) is 10.4. The van der Waals surface area contributed by atoms with Gasteiger partial charge in [-0.15, -0.1) is 0 Å². The van der Waals surface area contributed by atoms with Crippen molar-refractivity contribution in [2.24, 2.45) is 11.3 Å². The minimum Gasteiger partial charge on any atom is -0.388 e. The molecule has 1 saturated carbocycles. The summed E-state index contributed by atoms with van der Waals surface area (Å²) >= 11 is 0. The fraction of sp³-hybridized carbons (Fsp3) is 0.765.